The molecule has 0 aliphatic carbocycles. The fourth-order valence-corrected chi connectivity index (χ4v) is 1.64. The second-order valence-electron chi connectivity index (χ2n) is 3.31. The van der Waals surface area contributed by atoms with Gasteiger partial charge in [0.05, 0.1) is 0 Å². The van der Waals surface area contributed by atoms with Crippen LogP contribution < -0.4 is 5.32 Å². The maximum absolute atomic E-state index is 11.0. The van der Waals surface area contributed by atoms with Crippen molar-refractivity contribution >= 4 is 12.5 Å². The molecule has 0 aromatic rings. The number of hydrogen-bond acceptors (Lipinski definition) is 3. The van der Waals surface area contributed by atoms with E-state index >= 15 is 0 Å². The average molecular weight is 216 g/mol. The van der Waals surface area contributed by atoms with E-state index in [0.717, 1.165) is 23.1 Å². The zero-order chi connectivity index (χ0) is 12.0. The van der Waals surface area contributed by atoms with Crippen molar-refractivity contribution in [2.24, 2.45) is 4.99 Å². The quantitative estimate of drug-likeness (QED) is 0.577. The van der Waals surface area contributed by atoms with E-state index in [0.29, 0.717) is 0 Å². The van der Waals surface area contributed by atoms with Crippen molar-refractivity contribution < 1.29 is 4.79 Å². The van der Waals surface area contributed by atoms with Crippen LogP contribution in [0.1, 0.15) is 6.92 Å². The van der Waals surface area contributed by atoms with Crippen molar-refractivity contribution in [1.29, 1.82) is 0 Å². The highest BCUT2D eigenvalue weighted by Crippen LogP contribution is 2.27. The van der Waals surface area contributed by atoms with E-state index in [1.807, 2.05) is 25.2 Å². The molecule has 1 unspecified atom stereocenters. The van der Waals surface area contributed by atoms with Gasteiger partial charge in [-0.1, -0.05) is 24.8 Å². The van der Waals surface area contributed by atoms with Gasteiger partial charge in [0, 0.05) is 24.5 Å². The maximum atomic E-state index is 11.0. The summed E-state index contributed by atoms with van der Waals surface area (Å²) in [7, 11) is 1.70. The number of aliphatic imine (C=N–C) groups is 1. The second kappa shape index (κ2) is 5.85. The predicted octanol–water partition coefficient (Wildman–Crippen LogP) is 1.80. The Balaban J connectivity index is 3.22. The van der Waals surface area contributed by atoms with Crippen molar-refractivity contribution in [3.05, 3.63) is 47.7 Å². The molecule has 1 atom stereocenters. The SMILES string of the molecule is C=C/C=C1C(=C/C=NC)/C(C=O)NC/1=C/C. The third-order valence-corrected chi connectivity index (χ3v) is 2.36. The molecule has 1 rings (SSSR count). The van der Waals surface area contributed by atoms with Gasteiger partial charge in [-0.2, -0.15) is 0 Å². The van der Waals surface area contributed by atoms with Crippen molar-refractivity contribution in [3.63, 3.8) is 0 Å². The Kier molecular flexibility index (Phi) is 4.45. The molecule has 16 heavy (non-hydrogen) atoms. The third-order valence-electron chi connectivity index (χ3n) is 2.36. The first-order valence-corrected chi connectivity index (χ1v) is 5.12. The van der Waals surface area contributed by atoms with Crippen molar-refractivity contribution in [1.82, 2.24) is 5.32 Å². The highest BCUT2D eigenvalue weighted by Gasteiger charge is 2.27. The molecular weight excluding hydrogens is 200 g/mol. The largest absolute Gasteiger partial charge is 0.372 e. The molecule has 1 aliphatic rings. The fourth-order valence-electron chi connectivity index (χ4n) is 1.64. The predicted molar refractivity (Wildman–Crippen MR) is 67.5 cm³/mol. The summed E-state index contributed by atoms with van der Waals surface area (Å²) in [6, 6.07) is -0.296. The number of aldehydes is 1. The Hall–Kier alpha value is -1.90. The Morgan fingerprint density at radius 1 is 1.44 bits per heavy atom. The molecule has 0 bridgehead atoms. The van der Waals surface area contributed by atoms with E-state index in [2.05, 4.69) is 16.9 Å². The topological polar surface area (TPSA) is 41.5 Å². The average Bonchev–Trinajstić information content (AvgIpc) is 2.64. The van der Waals surface area contributed by atoms with Crippen LogP contribution in [0.15, 0.2) is 52.7 Å². The zero-order valence-corrected chi connectivity index (χ0v) is 9.60. The summed E-state index contributed by atoms with van der Waals surface area (Å²) in [4.78, 5) is 14.9. The van der Waals surface area contributed by atoms with E-state index in [1.165, 1.54) is 0 Å². The van der Waals surface area contributed by atoms with Gasteiger partial charge < -0.3 is 10.1 Å². The second-order valence-corrected chi connectivity index (χ2v) is 3.31. The van der Waals surface area contributed by atoms with Crippen LogP contribution in [0.4, 0.5) is 0 Å². The van der Waals surface area contributed by atoms with E-state index in [9.17, 15) is 4.79 Å². The lowest BCUT2D eigenvalue weighted by molar-refractivity contribution is -0.108. The first kappa shape index (κ1) is 12.2. The molecule has 0 saturated carbocycles. The summed E-state index contributed by atoms with van der Waals surface area (Å²) in [5.74, 6) is 0. The van der Waals surface area contributed by atoms with Gasteiger partial charge in [0.2, 0.25) is 0 Å². The minimum Gasteiger partial charge on any atom is -0.372 e. The number of carbonyl (C=O) groups excluding carboxylic acids is 1. The normalized spacial score (nSPS) is 27.9. The lowest BCUT2D eigenvalue weighted by Crippen LogP contribution is -2.22. The molecule has 3 heteroatoms. The maximum Gasteiger partial charge on any atom is 0.146 e. The first-order valence-electron chi connectivity index (χ1n) is 5.12. The highest BCUT2D eigenvalue weighted by atomic mass is 16.1. The van der Waals surface area contributed by atoms with Crippen LogP contribution in [0.3, 0.4) is 0 Å². The van der Waals surface area contributed by atoms with E-state index < -0.39 is 0 Å². The minimum absolute atomic E-state index is 0.296. The molecule has 0 aromatic carbocycles. The standard InChI is InChI=1S/C13H16N2O/c1-4-6-10-11(7-8-14-3)13(9-16)15-12(10)5-2/h4-9,13,15H,1H2,2-3H3/b10-6-,11-7-,12-5+,14-8?. The fraction of sp³-hybridized carbons (Fsp3) is 0.231. The zero-order valence-electron chi connectivity index (χ0n) is 9.60. The van der Waals surface area contributed by atoms with Gasteiger partial charge in [-0.25, -0.2) is 0 Å². The van der Waals surface area contributed by atoms with E-state index in [-0.39, 0.29) is 6.04 Å². The van der Waals surface area contributed by atoms with E-state index in [1.54, 1.807) is 19.3 Å². The Morgan fingerprint density at radius 3 is 2.69 bits per heavy atom. The number of rotatable bonds is 3. The number of nitrogens with one attached hydrogen (secondary N) is 1. The van der Waals surface area contributed by atoms with Gasteiger partial charge in [0.1, 0.15) is 12.3 Å². The summed E-state index contributed by atoms with van der Waals surface area (Å²) in [6.45, 7) is 5.61. The van der Waals surface area contributed by atoms with Crippen molar-refractivity contribution in [2.45, 2.75) is 13.0 Å². The lowest BCUT2D eigenvalue weighted by atomic mass is 10.0. The minimum atomic E-state index is -0.296. The lowest BCUT2D eigenvalue weighted by Gasteiger charge is -2.01. The van der Waals surface area contributed by atoms with Gasteiger partial charge in [0.15, 0.2) is 0 Å². The van der Waals surface area contributed by atoms with Gasteiger partial charge in [0.25, 0.3) is 0 Å². The van der Waals surface area contributed by atoms with Gasteiger partial charge in [-0.05, 0) is 18.6 Å². The van der Waals surface area contributed by atoms with Crippen LogP contribution in [-0.2, 0) is 4.79 Å². The van der Waals surface area contributed by atoms with Gasteiger partial charge >= 0.3 is 0 Å². The summed E-state index contributed by atoms with van der Waals surface area (Å²) in [5.41, 5.74) is 2.87. The molecule has 1 N–H and O–H groups in total. The van der Waals surface area contributed by atoms with Crippen LogP contribution in [-0.4, -0.2) is 25.6 Å². The monoisotopic (exact) mass is 216 g/mol. The van der Waals surface area contributed by atoms with Gasteiger partial charge in [-0.3, -0.25) is 4.99 Å². The van der Waals surface area contributed by atoms with Crippen molar-refractivity contribution in [2.75, 3.05) is 7.05 Å². The summed E-state index contributed by atoms with van der Waals surface area (Å²) in [6.07, 6.45) is 9.96. The molecule has 1 fully saturated rings. The molecule has 0 amide bonds. The van der Waals surface area contributed by atoms with Crippen LogP contribution in [0.25, 0.3) is 0 Å². The molecule has 1 saturated heterocycles. The molecule has 84 valence electrons. The number of allylic oxidation sites excluding steroid dienone is 5. The molecule has 3 nitrogen and oxygen atoms in total. The van der Waals surface area contributed by atoms with E-state index in [4.69, 9.17) is 0 Å². The molecule has 1 heterocycles. The number of hydrogen-bond donors (Lipinski definition) is 1. The van der Waals surface area contributed by atoms with Crippen LogP contribution in [0.5, 0.6) is 0 Å². The molecule has 0 aromatic heterocycles. The third kappa shape index (κ3) is 2.37. The highest BCUT2D eigenvalue weighted by molar-refractivity contribution is 5.81. The van der Waals surface area contributed by atoms with Gasteiger partial charge in [-0.15, -0.1) is 0 Å². The Morgan fingerprint density at radius 2 is 2.19 bits per heavy atom. The van der Waals surface area contributed by atoms with Crippen LogP contribution in [0.2, 0.25) is 0 Å². The Bertz CT molecular complexity index is 400. The number of nitrogens with zero attached hydrogens (tertiary/aromatic N) is 1. The van der Waals surface area contributed by atoms with Crippen LogP contribution in [0, 0.1) is 0 Å². The first-order chi connectivity index (χ1) is 7.78. The summed E-state index contributed by atoms with van der Waals surface area (Å²) < 4.78 is 0. The Labute approximate surface area is 96.0 Å². The summed E-state index contributed by atoms with van der Waals surface area (Å²) in [5, 5.41) is 3.13. The molecule has 0 radical (unpaired) electrons. The number of carbonyl (C=O) groups is 1. The molecular formula is C13H16N2O. The molecule has 1 aliphatic heterocycles. The van der Waals surface area contributed by atoms with Crippen molar-refractivity contribution in [3.8, 4) is 0 Å². The smallest absolute Gasteiger partial charge is 0.146 e. The molecule has 0 spiro atoms. The van der Waals surface area contributed by atoms with Crippen LogP contribution >= 0.6 is 0 Å². The summed E-state index contributed by atoms with van der Waals surface area (Å²) >= 11 is 0.